The molecule has 1 aliphatic rings. The number of likely N-dealkylation sites (tertiary alicyclic amines) is 1. The second-order valence-corrected chi connectivity index (χ2v) is 6.41. The van der Waals surface area contributed by atoms with Gasteiger partial charge in [0, 0.05) is 31.5 Å². The zero-order valence-corrected chi connectivity index (χ0v) is 14.6. The van der Waals surface area contributed by atoms with Crippen LogP contribution in [-0.4, -0.2) is 48.4 Å². The van der Waals surface area contributed by atoms with Crippen molar-refractivity contribution in [1.82, 2.24) is 29.4 Å². The first-order chi connectivity index (χ1) is 12.7. The number of nitrogens with two attached hydrogens (primary N) is 1. The van der Waals surface area contributed by atoms with Crippen LogP contribution in [0.2, 0.25) is 5.28 Å². The fraction of sp³-hybridized carbons (Fsp3) is 0.312. The monoisotopic (exact) mass is 372 g/mol. The van der Waals surface area contributed by atoms with Gasteiger partial charge in [0.25, 0.3) is 5.91 Å². The van der Waals surface area contributed by atoms with Gasteiger partial charge in [-0.05, 0) is 36.6 Å². The minimum atomic E-state index is 0.00651. The number of aromatic nitrogens is 5. The van der Waals surface area contributed by atoms with Crippen LogP contribution in [0, 0.1) is 0 Å². The number of nitrogens with zero attached hydrogens (tertiary/aromatic N) is 6. The Morgan fingerprint density at radius 2 is 2.12 bits per heavy atom. The van der Waals surface area contributed by atoms with Crippen molar-refractivity contribution in [2.75, 3.05) is 18.5 Å². The van der Waals surface area contributed by atoms with E-state index in [2.05, 4.69) is 25.4 Å². The molecule has 26 heavy (non-hydrogen) atoms. The molecule has 0 aliphatic carbocycles. The lowest BCUT2D eigenvalue weighted by atomic mass is 10.0. The second kappa shape index (κ2) is 6.85. The Balaban J connectivity index is 1.53. The standard InChI is InChI=1S/C16H17ClN8O/c17-16-21-13(23-18)12-14(22-16)25(9-20-12)11-3-6-24(7-4-11)15(26)10-2-1-5-19-8-10/h1-2,5,8-9,11H,3-4,6-7,18H2,(H,21,22,23). The van der Waals surface area contributed by atoms with Crippen molar-refractivity contribution in [3.63, 3.8) is 0 Å². The Bertz CT molecular complexity index is 936. The molecule has 1 saturated heterocycles. The highest BCUT2D eigenvalue weighted by Crippen LogP contribution is 2.28. The quantitative estimate of drug-likeness (QED) is 0.408. The van der Waals surface area contributed by atoms with Gasteiger partial charge in [-0.15, -0.1) is 0 Å². The molecule has 9 nitrogen and oxygen atoms in total. The molecule has 0 bridgehead atoms. The summed E-state index contributed by atoms with van der Waals surface area (Å²) in [6.07, 6.45) is 6.57. The highest BCUT2D eigenvalue weighted by molar-refractivity contribution is 6.28. The molecule has 0 radical (unpaired) electrons. The van der Waals surface area contributed by atoms with Crippen molar-refractivity contribution < 1.29 is 4.79 Å². The van der Waals surface area contributed by atoms with Gasteiger partial charge in [0.1, 0.15) is 0 Å². The summed E-state index contributed by atoms with van der Waals surface area (Å²) in [7, 11) is 0. The van der Waals surface area contributed by atoms with Crippen LogP contribution in [0.15, 0.2) is 30.9 Å². The average Bonchev–Trinajstić information content (AvgIpc) is 3.11. The van der Waals surface area contributed by atoms with Gasteiger partial charge in [-0.1, -0.05) is 0 Å². The number of hydrogen-bond acceptors (Lipinski definition) is 7. The number of piperidine rings is 1. The SMILES string of the molecule is NNc1nc(Cl)nc2c1ncn2C1CCN(C(=O)c2cccnc2)CC1. The van der Waals surface area contributed by atoms with Crippen molar-refractivity contribution in [3.8, 4) is 0 Å². The molecule has 0 spiro atoms. The minimum Gasteiger partial charge on any atom is -0.338 e. The molecule has 0 saturated carbocycles. The summed E-state index contributed by atoms with van der Waals surface area (Å²) >= 11 is 5.99. The molecule has 3 aromatic rings. The Morgan fingerprint density at radius 3 is 2.81 bits per heavy atom. The number of imidazole rings is 1. The number of amides is 1. The lowest BCUT2D eigenvalue weighted by Crippen LogP contribution is -2.39. The molecule has 0 atom stereocenters. The molecule has 1 aliphatic heterocycles. The van der Waals surface area contributed by atoms with Crippen LogP contribution in [0.4, 0.5) is 5.82 Å². The summed E-state index contributed by atoms with van der Waals surface area (Å²) in [5.41, 5.74) is 4.31. The summed E-state index contributed by atoms with van der Waals surface area (Å²) in [6, 6.07) is 3.73. The molecular formula is C16H17ClN8O. The van der Waals surface area contributed by atoms with Crippen LogP contribution < -0.4 is 11.3 Å². The lowest BCUT2D eigenvalue weighted by molar-refractivity contribution is 0.0695. The molecule has 4 rings (SSSR count). The molecule has 10 heteroatoms. The number of nitrogen functional groups attached to an aromatic ring is 1. The van der Waals surface area contributed by atoms with Crippen LogP contribution in [-0.2, 0) is 0 Å². The lowest BCUT2D eigenvalue weighted by Gasteiger charge is -2.32. The first-order valence-electron chi connectivity index (χ1n) is 8.23. The third kappa shape index (κ3) is 2.95. The molecule has 0 unspecified atom stereocenters. The number of carbonyl (C=O) groups excluding carboxylic acids is 1. The van der Waals surface area contributed by atoms with E-state index in [1.807, 2.05) is 9.47 Å². The van der Waals surface area contributed by atoms with Gasteiger partial charge < -0.3 is 14.9 Å². The molecule has 3 N–H and O–H groups in total. The Kier molecular flexibility index (Phi) is 4.39. The molecule has 1 fully saturated rings. The van der Waals surface area contributed by atoms with Crippen molar-refractivity contribution in [2.24, 2.45) is 5.84 Å². The predicted octanol–water partition coefficient (Wildman–Crippen LogP) is 1.64. The van der Waals surface area contributed by atoms with Gasteiger partial charge in [-0.25, -0.2) is 10.8 Å². The minimum absolute atomic E-state index is 0.00651. The first kappa shape index (κ1) is 16.7. The summed E-state index contributed by atoms with van der Waals surface area (Å²) in [5, 5.41) is 0.108. The van der Waals surface area contributed by atoms with Crippen molar-refractivity contribution in [2.45, 2.75) is 18.9 Å². The molecular weight excluding hydrogens is 356 g/mol. The third-order valence-electron chi connectivity index (χ3n) is 4.58. The van der Waals surface area contributed by atoms with Gasteiger partial charge in [0.15, 0.2) is 17.0 Å². The van der Waals surface area contributed by atoms with Crippen LogP contribution >= 0.6 is 11.6 Å². The summed E-state index contributed by atoms with van der Waals surface area (Å²) in [6.45, 7) is 1.30. The van der Waals surface area contributed by atoms with E-state index in [-0.39, 0.29) is 17.2 Å². The third-order valence-corrected chi connectivity index (χ3v) is 4.75. The molecule has 0 aromatic carbocycles. The Labute approximate surface area is 154 Å². The normalized spacial score (nSPS) is 15.4. The fourth-order valence-corrected chi connectivity index (χ4v) is 3.44. The number of hydrazine groups is 1. The zero-order valence-electron chi connectivity index (χ0n) is 13.8. The number of pyridine rings is 1. The Hall–Kier alpha value is -2.78. The number of anilines is 1. The van der Waals surface area contributed by atoms with Gasteiger partial charge in [0.2, 0.25) is 5.28 Å². The smallest absolute Gasteiger partial charge is 0.255 e. The van der Waals surface area contributed by atoms with Crippen LogP contribution in [0.5, 0.6) is 0 Å². The molecule has 3 aromatic heterocycles. The maximum absolute atomic E-state index is 12.5. The maximum Gasteiger partial charge on any atom is 0.255 e. The van der Waals surface area contributed by atoms with Crippen molar-refractivity contribution >= 4 is 34.5 Å². The summed E-state index contributed by atoms with van der Waals surface area (Å²) < 4.78 is 1.98. The number of hydrogen-bond donors (Lipinski definition) is 2. The van der Waals surface area contributed by atoms with Crippen LogP contribution in [0.1, 0.15) is 29.2 Å². The zero-order chi connectivity index (χ0) is 18.1. The molecule has 4 heterocycles. The second-order valence-electron chi connectivity index (χ2n) is 6.07. The maximum atomic E-state index is 12.5. The number of halogens is 1. The van der Waals surface area contributed by atoms with Crippen molar-refractivity contribution in [3.05, 3.63) is 41.7 Å². The number of rotatable bonds is 3. The fourth-order valence-electron chi connectivity index (χ4n) is 3.28. The highest BCUT2D eigenvalue weighted by Gasteiger charge is 2.26. The van der Waals surface area contributed by atoms with Crippen molar-refractivity contribution in [1.29, 1.82) is 0 Å². The van der Waals surface area contributed by atoms with Gasteiger partial charge >= 0.3 is 0 Å². The number of carbonyl (C=O) groups is 1. The van der Waals surface area contributed by atoms with E-state index in [0.29, 0.717) is 35.6 Å². The van der Waals surface area contributed by atoms with E-state index in [4.69, 9.17) is 17.4 Å². The largest absolute Gasteiger partial charge is 0.338 e. The van der Waals surface area contributed by atoms with E-state index in [9.17, 15) is 4.79 Å². The predicted molar refractivity (Wildman–Crippen MR) is 96.6 cm³/mol. The van der Waals surface area contributed by atoms with E-state index < -0.39 is 0 Å². The van der Waals surface area contributed by atoms with Crippen LogP contribution in [0.25, 0.3) is 11.2 Å². The summed E-state index contributed by atoms with van der Waals surface area (Å²) in [5.74, 6) is 5.88. The number of fused-ring (bicyclic) bond motifs is 1. The summed E-state index contributed by atoms with van der Waals surface area (Å²) in [4.78, 5) is 31.1. The molecule has 1 amide bonds. The first-order valence-corrected chi connectivity index (χ1v) is 8.61. The highest BCUT2D eigenvalue weighted by atomic mass is 35.5. The van der Waals surface area contributed by atoms with E-state index in [1.54, 1.807) is 30.9 Å². The Morgan fingerprint density at radius 1 is 1.31 bits per heavy atom. The van der Waals surface area contributed by atoms with Gasteiger partial charge in [-0.2, -0.15) is 9.97 Å². The van der Waals surface area contributed by atoms with Gasteiger partial charge in [0.05, 0.1) is 11.9 Å². The molecule has 134 valence electrons. The van der Waals surface area contributed by atoms with E-state index >= 15 is 0 Å². The van der Waals surface area contributed by atoms with E-state index in [0.717, 1.165) is 12.8 Å². The van der Waals surface area contributed by atoms with E-state index in [1.165, 1.54) is 0 Å². The van der Waals surface area contributed by atoms with Gasteiger partial charge in [-0.3, -0.25) is 9.78 Å². The van der Waals surface area contributed by atoms with Crippen LogP contribution in [0.3, 0.4) is 0 Å². The average molecular weight is 373 g/mol. The topological polar surface area (TPSA) is 115 Å². The number of nitrogens with one attached hydrogen (secondary N) is 1.